The number of aromatic hydroxyl groups is 1. The first kappa shape index (κ1) is 20.4. The van der Waals surface area contributed by atoms with Crippen LogP contribution in [0.5, 0.6) is 11.5 Å². The van der Waals surface area contributed by atoms with E-state index in [-0.39, 0.29) is 35.5 Å². The van der Waals surface area contributed by atoms with Crippen LogP contribution in [0.25, 0.3) is 0 Å². The fraction of sp³-hybridized carbons (Fsp3) is 0.364. The van der Waals surface area contributed by atoms with Crippen molar-refractivity contribution in [3.8, 4) is 11.5 Å². The third kappa shape index (κ3) is 3.68. The number of carbonyl (C=O) groups excluding carboxylic acids is 2. The predicted molar refractivity (Wildman–Crippen MR) is 111 cm³/mol. The van der Waals surface area contributed by atoms with Crippen LogP contribution in [0.4, 0.5) is 0 Å². The van der Waals surface area contributed by atoms with E-state index in [9.17, 15) is 19.8 Å². The van der Waals surface area contributed by atoms with Crippen LogP contribution >= 0.6 is 11.3 Å². The minimum absolute atomic E-state index is 0.0325. The molecule has 8 heteroatoms. The Bertz CT molecular complexity index is 978. The van der Waals surface area contributed by atoms with Crippen molar-refractivity contribution in [3.05, 3.63) is 57.5 Å². The summed E-state index contributed by atoms with van der Waals surface area (Å²) in [6.07, 6.45) is 1.57. The lowest BCUT2D eigenvalue weighted by atomic mass is 9.95. The Labute approximate surface area is 178 Å². The number of aliphatic hydroxyl groups excluding tert-OH is 1. The summed E-state index contributed by atoms with van der Waals surface area (Å²) in [6, 6.07) is 7.34. The number of carbonyl (C=O) groups is 2. The van der Waals surface area contributed by atoms with Gasteiger partial charge in [-0.2, -0.15) is 0 Å². The number of phenols is 1. The topological polar surface area (TPSA) is 96.3 Å². The van der Waals surface area contributed by atoms with Crippen LogP contribution in [0.15, 0.2) is 47.0 Å². The van der Waals surface area contributed by atoms with Gasteiger partial charge in [0.05, 0.1) is 29.2 Å². The van der Waals surface area contributed by atoms with Crippen molar-refractivity contribution >= 4 is 23.0 Å². The summed E-state index contributed by atoms with van der Waals surface area (Å²) in [5.41, 5.74) is 0.611. The summed E-state index contributed by atoms with van der Waals surface area (Å²) < 4.78 is 11.2. The van der Waals surface area contributed by atoms with Crippen molar-refractivity contribution in [2.75, 3.05) is 19.8 Å². The summed E-state index contributed by atoms with van der Waals surface area (Å²) in [5.74, 6) is -1.30. The number of aliphatic hydroxyl groups is 1. The van der Waals surface area contributed by atoms with Gasteiger partial charge in [-0.25, -0.2) is 0 Å². The Morgan fingerprint density at radius 3 is 2.83 bits per heavy atom. The number of benzene rings is 1. The number of rotatable bonds is 7. The average molecular weight is 429 g/mol. The Morgan fingerprint density at radius 1 is 1.33 bits per heavy atom. The number of ketones is 1. The molecule has 0 spiro atoms. The van der Waals surface area contributed by atoms with Gasteiger partial charge in [-0.3, -0.25) is 9.59 Å². The highest BCUT2D eigenvalue weighted by molar-refractivity contribution is 7.12. The third-order valence-corrected chi connectivity index (χ3v) is 6.19. The molecule has 1 saturated heterocycles. The van der Waals surface area contributed by atoms with E-state index in [2.05, 4.69) is 0 Å². The lowest BCUT2D eigenvalue weighted by molar-refractivity contribution is -0.131. The molecule has 0 bridgehead atoms. The molecule has 2 aliphatic rings. The Morgan fingerprint density at radius 2 is 2.17 bits per heavy atom. The molecule has 3 heterocycles. The second-order valence-corrected chi connectivity index (χ2v) is 8.17. The SMILES string of the molecule is CCOc1cc([C@@H]2C(C(=O)c3cccs3)=C(O)C(=O)N2C[C@@H]2CCCO2)ccc1O. The quantitative estimate of drug-likeness (QED) is 0.653. The van der Waals surface area contributed by atoms with E-state index in [1.165, 1.54) is 22.3 Å². The van der Waals surface area contributed by atoms with E-state index in [1.54, 1.807) is 36.6 Å². The highest BCUT2D eigenvalue weighted by Gasteiger charge is 2.45. The first-order chi connectivity index (χ1) is 14.5. The van der Waals surface area contributed by atoms with Gasteiger partial charge in [0, 0.05) is 13.2 Å². The Balaban J connectivity index is 1.78. The second-order valence-electron chi connectivity index (χ2n) is 7.22. The van der Waals surface area contributed by atoms with Crippen LogP contribution < -0.4 is 4.74 Å². The molecule has 2 atom stereocenters. The van der Waals surface area contributed by atoms with Crippen molar-refractivity contribution in [1.29, 1.82) is 0 Å². The molecule has 1 amide bonds. The summed E-state index contributed by atoms with van der Waals surface area (Å²) in [6.45, 7) is 3.04. The van der Waals surface area contributed by atoms with Crippen LogP contribution in [0.3, 0.4) is 0 Å². The first-order valence-electron chi connectivity index (χ1n) is 9.90. The fourth-order valence-electron chi connectivity index (χ4n) is 3.94. The highest BCUT2D eigenvalue weighted by Crippen LogP contribution is 2.42. The number of ether oxygens (including phenoxy) is 2. The van der Waals surface area contributed by atoms with E-state index in [1.807, 2.05) is 0 Å². The Hall–Kier alpha value is -2.84. The van der Waals surface area contributed by atoms with Crippen LogP contribution in [0, 0.1) is 0 Å². The molecule has 1 aromatic heterocycles. The number of hydrogen-bond acceptors (Lipinski definition) is 7. The zero-order valence-corrected chi connectivity index (χ0v) is 17.4. The van der Waals surface area contributed by atoms with Gasteiger partial charge < -0.3 is 24.6 Å². The molecular weight excluding hydrogens is 406 g/mol. The lowest BCUT2D eigenvalue weighted by Gasteiger charge is -2.29. The van der Waals surface area contributed by atoms with Gasteiger partial charge >= 0.3 is 0 Å². The molecule has 0 unspecified atom stereocenters. The van der Waals surface area contributed by atoms with Crippen molar-refractivity contribution < 1.29 is 29.3 Å². The van der Waals surface area contributed by atoms with Gasteiger partial charge in [0.1, 0.15) is 0 Å². The van der Waals surface area contributed by atoms with Crippen LogP contribution in [-0.4, -0.2) is 52.7 Å². The minimum atomic E-state index is -0.795. The molecule has 1 aromatic carbocycles. The molecular formula is C22H23NO6S. The van der Waals surface area contributed by atoms with E-state index in [4.69, 9.17) is 9.47 Å². The molecule has 30 heavy (non-hydrogen) atoms. The number of Topliss-reactive ketones (excluding diaryl/α,β-unsaturated/α-hetero) is 1. The van der Waals surface area contributed by atoms with Crippen molar-refractivity contribution in [2.45, 2.75) is 31.9 Å². The maximum Gasteiger partial charge on any atom is 0.290 e. The van der Waals surface area contributed by atoms with Gasteiger partial charge in [-0.1, -0.05) is 12.1 Å². The van der Waals surface area contributed by atoms with E-state index < -0.39 is 17.7 Å². The number of hydrogen-bond donors (Lipinski definition) is 2. The zero-order valence-electron chi connectivity index (χ0n) is 16.5. The summed E-state index contributed by atoms with van der Waals surface area (Å²) in [4.78, 5) is 28.1. The zero-order chi connectivity index (χ0) is 21.3. The number of phenolic OH excluding ortho intramolecular Hbond substituents is 1. The van der Waals surface area contributed by atoms with E-state index in [0.29, 0.717) is 23.7 Å². The number of thiophene rings is 1. The Kier molecular flexibility index (Phi) is 5.78. The van der Waals surface area contributed by atoms with Crippen molar-refractivity contribution in [2.24, 2.45) is 0 Å². The second kappa shape index (κ2) is 8.49. The monoisotopic (exact) mass is 429 g/mol. The number of amides is 1. The summed E-state index contributed by atoms with van der Waals surface area (Å²) in [5, 5.41) is 22.5. The van der Waals surface area contributed by atoms with Crippen molar-refractivity contribution in [1.82, 2.24) is 4.90 Å². The molecule has 2 aromatic rings. The molecule has 0 saturated carbocycles. The molecule has 7 nitrogen and oxygen atoms in total. The molecule has 0 aliphatic carbocycles. The average Bonchev–Trinajstić information content (AvgIpc) is 3.48. The highest BCUT2D eigenvalue weighted by atomic mass is 32.1. The van der Waals surface area contributed by atoms with Crippen LogP contribution in [-0.2, 0) is 9.53 Å². The lowest BCUT2D eigenvalue weighted by Crippen LogP contribution is -2.37. The maximum absolute atomic E-state index is 13.2. The smallest absolute Gasteiger partial charge is 0.290 e. The van der Waals surface area contributed by atoms with Crippen LogP contribution in [0.2, 0.25) is 0 Å². The largest absolute Gasteiger partial charge is 0.504 e. The van der Waals surface area contributed by atoms with Gasteiger partial charge in [0.15, 0.2) is 17.3 Å². The normalized spacial score (nSPS) is 21.5. The fourth-order valence-corrected chi connectivity index (χ4v) is 4.62. The third-order valence-electron chi connectivity index (χ3n) is 5.32. The minimum Gasteiger partial charge on any atom is -0.504 e. The number of nitrogens with zero attached hydrogens (tertiary/aromatic N) is 1. The predicted octanol–water partition coefficient (Wildman–Crippen LogP) is 3.61. The molecule has 2 aliphatic heterocycles. The summed E-state index contributed by atoms with van der Waals surface area (Å²) >= 11 is 1.25. The van der Waals surface area contributed by atoms with Crippen molar-refractivity contribution in [3.63, 3.8) is 0 Å². The van der Waals surface area contributed by atoms with E-state index >= 15 is 0 Å². The molecule has 158 valence electrons. The molecule has 4 rings (SSSR count). The van der Waals surface area contributed by atoms with E-state index in [0.717, 1.165) is 12.8 Å². The molecule has 0 radical (unpaired) electrons. The van der Waals surface area contributed by atoms with Gasteiger partial charge in [-0.05, 0) is 48.9 Å². The first-order valence-corrected chi connectivity index (χ1v) is 10.8. The molecule has 1 fully saturated rings. The van der Waals surface area contributed by atoms with Crippen LogP contribution in [0.1, 0.15) is 41.0 Å². The van der Waals surface area contributed by atoms with Gasteiger partial charge in [-0.15, -0.1) is 11.3 Å². The van der Waals surface area contributed by atoms with Gasteiger partial charge in [0.2, 0.25) is 5.78 Å². The molecule has 2 N–H and O–H groups in total. The maximum atomic E-state index is 13.2. The van der Waals surface area contributed by atoms with Gasteiger partial charge in [0.25, 0.3) is 5.91 Å². The summed E-state index contributed by atoms with van der Waals surface area (Å²) in [7, 11) is 0. The standard InChI is InChI=1S/C22H23NO6S/c1-2-28-16-11-13(7-8-15(16)24)19-18(20(25)17-6-4-10-30-17)21(26)22(27)23(19)12-14-5-3-9-29-14/h4,6-8,10-11,14,19,24,26H,2-3,5,9,12H2,1H3/t14-,19+/m0/s1.